The van der Waals surface area contributed by atoms with Crippen molar-refractivity contribution in [1.29, 1.82) is 0 Å². The molecular formula is C22H23BrFN3O. The zero-order valence-corrected chi connectivity index (χ0v) is 17.5. The Morgan fingerprint density at radius 2 is 2.07 bits per heavy atom. The summed E-state index contributed by atoms with van der Waals surface area (Å²) in [6, 6.07) is 12.5. The highest BCUT2D eigenvalue weighted by molar-refractivity contribution is 9.10. The van der Waals surface area contributed by atoms with Gasteiger partial charge in [-0.15, -0.1) is 0 Å². The largest absolute Gasteiger partial charge is 0.331 e. The predicted molar refractivity (Wildman–Crippen MR) is 112 cm³/mol. The summed E-state index contributed by atoms with van der Waals surface area (Å²) < 4.78 is 16.1. The number of carbonyl (C=O) groups excluding carboxylic acids is 1. The van der Waals surface area contributed by atoms with Crippen molar-refractivity contribution < 1.29 is 9.18 Å². The summed E-state index contributed by atoms with van der Waals surface area (Å²) in [5, 5.41) is 0. The zero-order valence-electron chi connectivity index (χ0n) is 15.9. The van der Waals surface area contributed by atoms with Crippen molar-refractivity contribution in [2.24, 2.45) is 5.92 Å². The maximum atomic E-state index is 13.6. The fraction of sp³-hybridized carbons (Fsp3) is 0.364. The maximum absolute atomic E-state index is 13.6. The second-order valence-electron chi connectivity index (χ2n) is 7.43. The standard InChI is InChI=1S/C22H23BrFN3O/c1-2-11-26(22(28)16-9-10-18(24)17(23)12-16)14-21-25-19-5-3-4-6-20(19)27(21)13-15-7-8-15/h3-6,9-10,12,15H,2,7-8,11,13-14H2,1H3. The van der Waals surface area contributed by atoms with E-state index in [1.807, 2.05) is 30.0 Å². The molecule has 0 atom stereocenters. The lowest BCUT2D eigenvalue weighted by molar-refractivity contribution is 0.0737. The lowest BCUT2D eigenvalue weighted by Crippen LogP contribution is -2.32. The summed E-state index contributed by atoms with van der Waals surface area (Å²) in [4.78, 5) is 19.7. The van der Waals surface area contributed by atoms with Gasteiger partial charge in [-0.1, -0.05) is 19.1 Å². The topological polar surface area (TPSA) is 38.1 Å². The van der Waals surface area contributed by atoms with Gasteiger partial charge in [0.15, 0.2) is 0 Å². The van der Waals surface area contributed by atoms with Crippen LogP contribution in [0.5, 0.6) is 0 Å². The summed E-state index contributed by atoms with van der Waals surface area (Å²) in [7, 11) is 0. The van der Waals surface area contributed by atoms with Crippen LogP contribution in [0, 0.1) is 11.7 Å². The van der Waals surface area contributed by atoms with Gasteiger partial charge in [-0.3, -0.25) is 4.79 Å². The van der Waals surface area contributed by atoms with E-state index < -0.39 is 0 Å². The predicted octanol–water partition coefficient (Wildman–Crippen LogP) is 5.40. The van der Waals surface area contributed by atoms with Crippen molar-refractivity contribution in [3.63, 3.8) is 0 Å². The van der Waals surface area contributed by atoms with E-state index in [4.69, 9.17) is 4.98 Å². The molecule has 0 saturated heterocycles. The van der Waals surface area contributed by atoms with Crippen LogP contribution in [0.2, 0.25) is 0 Å². The van der Waals surface area contributed by atoms with E-state index in [1.54, 1.807) is 6.07 Å². The molecule has 6 heteroatoms. The third kappa shape index (κ3) is 3.97. The highest BCUT2D eigenvalue weighted by Gasteiger charge is 2.26. The Balaban J connectivity index is 1.65. The Morgan fingerprint density at radius 3 is 2.79 bits per heavy atom. The number of imidazole rings is 1. The molecule has 1 aromatic heterocycles. The second kappa shape index (κ2) is 8.03. The summed E-state index contributed by atoms with van der Waals surface area (Å²) in [5.74, 6) is 1.15. The van der Waals surface area contributed by atoms with Gasteiger partial charge in [0.05, 0.1) is 22.1 Å². The minimum atomic E-state index is -0.371. The third-order valence-corrected chi connectivity index (χ3v) is 5.76. The molecule has 4 nitrogen and oxygen atoms in total. The van der Waals surface area contributed by atoms with Crippen molar-refractivity contribution in [1.82, 2.24) is 14.5 Å². The van der Waals surface area contributed by atoms with Gasteiger partial charge in [-0.2, -0.15) is 0 Å². The Morgan fingerprint density at radius 1 is 1.29 bits per heavy atom. The first-order chi connectivity index (χ1) is 13.6. The van der Waals surface area contributed by atoms with E-state index in [0.29, 0.717) is 29.0 Å². The first-order valence-corrected chi connectivity index (χ1v) is 10.5. The smallest absolute Gasteiger partial charge is 0.254 e. The average molecular weight is 444 g/mol. The number of para-hydroxylation sites is 2. The maximum Gasteiger partial charge on any atom is 0.254 e. The van der Waals surface area contributed by atoms with E-state index in [-0.39, 0.29) is 11.7 Å². The van der Waals surface area contributed by atoms with E-state index >= 15 is 0 Å². The molecule has 1 heterocycles. The van der Waals surface area contributed by atoms with Gasteiger partial charge in [0, 0.05) is 18.7 Å². The molecule has 1 fully saturated rings. The molecule has 0 unspecified atom stereocenters. The van der Waals surface area contributed by atoms with Crippen molar-refractivity contribution in [3.05, 3.63) is 64.1 Å². The molecule has 0 N–H and O–H groups in total. The lowest BCUT2D eigenvalue weighted by Gasteiger charge is -2.23. The molecular weight excluding hydrogens is 421 g/mol. The van der Waals surface area contributed by atoms with Crippen LogP contribution >= 0.6 is 15.9 Å². The zero-order chi connectivity index (χ0) is 19.7. The van der Waals surface area contributed by atoms with Crippen LogP contribution in [0.1, 0.15) is 42.4 Å². The second-order valence-corrected chi connectivity index (χ2v) is 8.28. The van der Waals surface area contributed by atoms with Crippen LogP contribution in [0.15, 0.2) is 46.9 Å². The summed E-state index contributed by atoms with van der Waals surface area (Å²) in [6.45, 7) is 4.07. The molecule has 4 rings (SSSR count). The fourth-order valence-electron chi connectivity index (χ4n) is 3.51. The minimum absolute atomic E-state index is 0.104. The van der Waals surface area contributed by atoms with Crippen LogP contribution < -0.4 is 0 Å². The number of fused-ring (bicyclic) bond motifs is 1. The molecule has 1 amide bonds. The van der Waals surface area contributed by atoms with Gasteiger partial charge in [-0.25, -0.2) is 9.37 Å². The first kappa shape index (κ1) is 19.1. The molecule has 146 valence electrons. The SMILES string of the molecule is CCCN(Cc1nc2ccccc2n1CC1CC1)C(=O)c1ccc(F)c(Br)c1. The molecule has 1 aliphatic carbocycles. The van der Waals surface area contributed by atoms with Gasteiger partial charge in [-0.05, 0) is 71.4 Å². The van der Waals surface area contributed by atoms with E-state index in [2.05, 4.69) is 26.6 Å². The van der Waals surface area contributed by atoms with Gasteiger partial charge >= 0.3 is 0 Å². The Bertz CT molecular complexity index is 1010. The molecule has 0 aliphatic heterocycles. The number of halogens is 2. The summed E-state index contributed by atoms with van der Waals surface area (Å²) >= 11 is 3.18. The average Bonchev–Trinajstić information content (AvgIpc) is 3.45. The molecule has 1 aliphatic rings. The highest BCUT2D eigenvalue weighted by atomic mass is 79.9. The molecule has 28 heavy (non-hydrogen) atoms. The lowest BCUT2D eigenvalue weighted by atomic mass is 10.2. The Kier molecular flexibility index (Phi) is 5.49. The third-order valence-electron chi connectivity index (χ3n) is 5.15. The molecule has 0 radical (unpaired) electrons. The fourth-order valence-corrected chi connectivity index (χ4v) is 3.89. The van der Waals surface area contributed by atoms with E-state index in [1.165, 1.54) is 25.0 Å². The van der Waals surface area contributed by atoms with E-state index in [0.717, 1.165) is 29.8 Å². The molecule has 3 aromatic rings. The number of carbonyl (C=O) groups is 1. The van der Waals surface area contributed by atoms with Crippen LogP contribution in [0.25, 0.3) is 11.0 Å². The number of nitrogens with zero attached hydrogens (tertiary/aromatic N) is 3. The summed E-state index contributed by atoms with van der Waals surface area (Å²) in [5.41, 5.74) is 2.57. The van der Waals surface area contributed by atoms with Gasteiger partial charge in [0.25, 0.3) is 5.91 Å². The van der Waals surface area contributed by atoms with Gasteiger partial charge in [0.1, 0.15) is 11.6 Å². The van der Waals surface area contributed by atoms with Crippen molar-refractivity contribution in [2.45, 2.75) is 39.3 Å². The van der Waals surface area contributed by atoms with Crippen LogP contribution in [-0.2, 0) is 13.1 Å². The van der Waals surface area contributed by atoms with Gasteiger partial charge in [0.2, 0.25) is 0 Å². The molecule has 2 aromatic carbocycles. The molecule has 0 spiro atoms. The number of rotatable bonds is 7. The van der Waals surface area contributed by atoms with Crippen molar-refractivity contribution >= 4 is 32.9 Å². The van der Waals surface area contributed by atoms with Crippen LogP contribution in [-0.4, -0.2) is 26.9 Å². The summed E-state index contributed by atoms with van der Waals surface area (Å²) in [6.07, 6.45) is 3.36. The van der Waals surface area contributed by atoms with Gasteiger partial charge < -0.3 is 9.47 Å². The highest BCUT2D eigenvalue weighted by Crippen LogP contribution is 2.32. The number of aromatic nitrogens is 2. The number of hydrogen-bond donors (Lipinski definition) is 0. The molecule has 0 bridgehead atoms. The minimum Gasteiger partial charge on any atom is -0.331 e. The number of hydrogen-bond acceptors (Lipinski definition) is 2. The first-order valence-electron chi connectivity index (χ1n) is 9.75. The van der Waals surface area contributed by atoms with Crippen LogP contribution in [0.3, 0.4) is 0 Å². The normalized spacial score (nSPS) is 13.8. The Hall–Kier alpha value is -2.21. The van der Waals surface area contributed by atoms with E-state index in [9.17, 15) is 9.18 Å². The quantitative estimate of drug-likeness (QED) is 0.490. The van der Waals surface area contributed by atoms with Crippen molar-refractivity contribution in [2.75, 3.05) is 6.54 Å². The number of benzene rings is 2. The number of amides is 1. The Labute approximate surface area is 172 Å². The molecule has 1 saturated carbocycles. The van der Waals surface area contributed by atoms with Crippen LogP contribution in [0.4, 0.5) is 4.39 Å². The monoisotopic (exact) mass is 443 g/mol. The van der Waals surface area contributed by atoms with Crippen molar-refractivity contribution in [3.8, 4) is 0 Å².